The molecular weight excluding hydrogens is 350 g/mol. The van der Waals surface area contributed by atoms with Gasteiger partial charge in [0.2, 0.25) is 5.91 Å². The van der Waals surface area contributed by atoms with Crippen LogP contribution in [0.5, 0.6) is 0 Å². The minimum atomic E-state index is -0.226. The highest BCUT2D eigenvalue weighted by Crippen LogP contribution is 2.11. The molecular formula is C19H23N3O3S. The highest BCUT2D eigenvalue weighted by Gasteiger charge is 2.09. The zero-order valence-corrected chi connectivity index (χ0v) is 15.7. The van der Waals surface area contributed by atoms with Crippen molar-refractivity contribution < 1.29 is 14.4 Å². The third-order valence-electron chi connectivity index (χ3n) is 3.47. The van der Waals surface area contributed by atoms with Gasteiger partial charge < -0.3 is 16.0 Å². The number of thiophene rings is 1. The van der Waals surface area contributed by atoms with E-state index in [4.69, 9.17) is 0 Å². The molecule has 0 spiro atoms. The normalized spacial score (nSPS) is 10.4. The molecule has 7 heteroatoms. The van der Waals surface area contributed by atoms with E-state index in [9.17, 15) is 14.4 Å². The van der Waals surface area contributed by atoms with Gasteiger partial charge in [-0.3, -0.25) is 14.4 Å². The van der Waals surface area contributed by atoms with Gasteiger partial charge in [0.15, 0.2) is 0 Å². The quantitative estimate of drug-likeness (QED) is 0.622. The lowest BCUT2D eigenvalue weighted by atomic mass is 10.1. The molecule has 0 atom stereocenters. The summed E-state index contributed by atoms with van der Waals surface area (Å²) in [5.74, 6) is -0.120. The average molecular weight is 373 g/mol. The molecule has 0 aliphatic rings. The second-order valence-corrected chi connectivity index (χ2v) is 7.16. The molecule has 0 radical (unpaired) electrons. The van der Waals surface area contributed by atoms with Crippen LogP contribution in [-0.2, 0) is 4.79 Å². The van der Waals surface area contributed by atoms with E-state index in [-0.39, 0.29) is 17.7 Å². The number of benzene rings is 1. The van der Waals surface area contributed by atoms with Crippen LogP contribution in [0.1, 0.15) is 40.3 Å². The van der Waals surface area contributed by atoms with Crippen LogP contribution in [-0.4, -0.2) is 30.8 Å². The Labute approximate surface area is 157 Å². The third-order valence-corrected chi connectivity index (χ3v) is 4.33. The van der Waals surface area contributed by atoms with E-state index in [1.54, 1.807) is 30.3 Å². The third kappa shape index (κ3) is 6.33. The molecule has 0 saturated carbocycles. The Hall–Kier alpha value is -2.67. The second-order valence-electron chi connectivity index (χ2n) is 6.21. The van der Waals surface area contributed by atoms with Crippen LogP contribution >= 0.6 is 11.3 Å². The fraction of sp³-hybridized carbons (Fsp3) is 0.316. The summed E-state index contributed by atoms with van der Waals surface area (Å²) in [6, 6.07) is 10.3. The van der Waals surface area contributed by atoms with Crippen molar-refractivity contribution in [3.05, 3.63) is 52.2 Å². The number of amides is 3. The SMILES string of the molecule is CC(C)CC(=O)Nc1ccc(C(=O)NCCNC(=O)c2cccs2)cc1. The van der Waals surface area contributed by atoms with Crippen LogP contribution in [0.4, 0.5) is 5.69 Å². The summed E-state index contributed by atoms with van der Waals surface area (Å²) in [5, 5.41) is 10.1. The van der Waals surface area contributed by atoms with E-state index in [1.165, 1.54) is 11.3 Å². The molecule has 3 amide bonds. The fourth-order valence-electron chi connectivity index (χ4n) is 2.24. The topological polar surface area (TPSA) is 87.3 Å². The Morgan fingerprint density at radius 2 is 1.62 bits per heavy atom. The molecule has 6 nitrogen and oxygen atoms in total. The first-order valence-electron chi connectivity index (χ1n) is 8.45. The summed E-state index contributed by atoms with van der Waals surface area (Å²) < 4.78 is 0. The van der Waals surface area contributed by atoms with Crippen molar-refractivity contribution in [3.63, 3.8) is 0 Å². The second kappa shape index (κ2) is 9.72. The van der Waals surface area contributed by atoms with E-state index in [0.29, 0.717) is 41.6 Å². The van der Waals surface area contributed by atoms with Gasteiger partial charge in [0, 0.05) is 30.8 Å². The first-order valence-corrected chi connectivity index (χ1v) is 9.33. The van der Waals surface area contributed by atoms with Crippen LogP contribution < -0.4 is 16.0 Å². The Bertz CT molecular complexity index is 740. The predicted octanol–water partition coefficient (Wildman–Crippen LogP) is 2.89. The van der Waals surface area contributed by atoms with Gasteiger partial charge in [-0.1, -0.05) is 19.9 Å². The molecule has 1 heterocycles. The number of carbonyl (C=O) groups excluding carboxylic acids is 3. The molecule has 0 unspecified atom stereocenters. The molecule has 0 aliphatic carbocycles. The lowest BCUT2D eigenvalue weighted by molar-refractivity contribution is -0.116. The van der Waals surface area contributed by atoms with Gasteiger partial charge in [-0.25, -0.2) is 0 Å². The number of rotatable bonds is 8. The van der Waals surface area contributed by atoms with Crippen LogP contribution in [0.15, 0.2) is 41.8 Å². The van der Waals surface area contributed by atoms with E-state index in [0.717, 1.165) is 0 Å². The average Bonchev–Trinajstić information content (AvgIpc) is 3.13. The predicted molar refractivity (Wildman–Crippen MR) is 104 cm³/mol. The van der Waals surface area contributed by atoms with Crippen LogP contribution in [0.3, 0.4) is 0 Å². The maximum atomic E-state index is 12.1. The van der Waals surface area contributed by atoms with E-state index < -0.39 is 0 Å². The smallest absolute Gasteiger partial charge is 0.261 e. The van der Waals surface area contributed by atoms with Crippen molar-refractivity contribution in [2.45, 2.75) is 20.3 Å². The molecule has 1 aromatic carbocycles. The van der Waals surface area contributed by atoms with E-state index in [1.807, 2.05) is 25.3 Å². The number of anilines is 1. The molecule has 1 aromatic heterocycles. The molecule has 2 aromatic rings. The number of carbonyl (C=O) groups is 3. The van der Waals surface area contributed by atoms with Gasteiger partial charge in [0.25, 0.3) is 11.8 Å². The van der Waals surface area contributed by atoms with E-state index >= 15 is 0 Å². The minimum absolute atomic E-state index is 0.0429. The first-order chi connectivity index (χ1) is 12.5. The lowest BCUT2D eigenvalue weighted by Crippen LogP contribution is -2.34. The summed E-state index contributed by atoms with van der Waals surface area (Å²) in [6.45, 7) is 4.65. The molecule has 3 N–H and O–H groups in total. The van der Waals surface area contributed by atoms with Gasteiger partial charge in [0.05, 0.1) is 4.88 Å². The van der Waals surface area contributed by atoms with Crippen LogP contribution in [0.25, 0.3) is 0 Å². The molecule has 0 bridgehead atoms. The molecule has 2 rings (SSSR count). The van der Waals surface area contributed by atoms with Gasteiger partial charge in [0.1, 0.15) is 0 Å². The monoisotopic (exact) mass is 373 g/mol. The molecule has 0 aliphatic heterocycles. The maximum absolute atomic E-state index is 12.1. The number of hydrogen-bond acceptors (Lipinski definition) is 4. The first kappa shape index (κ1) is 19.7. The number of hydrogen-bond donors (Lipinski definition) is 3. The van der Waals surface area contributed by atoms with Crippen LogP contribution in [0, 0.1) is 5.92 Å². The van der Waals surface area contributed by atoms with Gasteiger partial charge in [-0.15, -0.1) is 11.3 Å². The Balaban J connectivity index is 1.73. The summed E-state index contributed by atoms with van der Waals surface area (Å²) >= 11 is 1.37. The van der Waals surface area contributed by atoms with Gasteiger partial charge >= 0.3 is 0 Å². The largest absolute Gasteiger partial charge is 0.350 e. The lowest BCUT2D eigenvalue weighted by Gasteiger charge is -2.09. The zero-order valence-electron chi connectivity index (χ0n) is 14.9. The van der Waals surface area contributed by atoms with Crippen molar-refractivity contribution in [1.82, 2.24) is 10.6 Å². The van der Waals surface area contributed by atoms with Crippen LogP contribution in [0.2, 0.25) is 0 Å². The highest BCUT2D eigenvalue weighted by atomic mass is 32.1. The Morgan fingerprint density at radius 3 is 2.19 bits per heavy atom. The van der Waals surface area contributed by atoms with Crippen molar-refractivity contribution in [1.29, 1.82) is 0 Å². The van der Waals surface area contributed by atoms with Crippen molar-refractivity contribution in [2.24, 2.45) is 5.92 Å². The molecule has 0 saturated heterocycles. The van der Waals surface area contributed by atoms with Gasteiger partial charge in [-0.2, -0.15) is 0 Å². The van der Waals surface area contributed by atoms with Crippen molar-refractivity contribution >= 4 is 34.7 Å². The number of nitrogens with one attached hydrogen (secondary N) is 3. The summed E-state index contributed by atoms with van der Waals surface area (Å²) in [6.07, 6.45) is 0.458. The fourth-order valence-corrected chi connectivity index (χ4v) is 2.88. The molecule has 0 fully saturated rings. The Kier molecular flexibility index (Phi) is 7.35. The maximum Gasteiger partial charge on any atom is 0.261 e. The van der Waals surface area contributed by atoms with E-state index in [2.05, 4.69) is 16.0 Å². The summed E-state index contributed by atoms with van der Waals surface area (Å²) in [4.78, 5) is 36.2. The van der Waals surface area contributed by atoms with Crippen molar-refractivity contribution in [3.8, 4) is 0 Å². The standard InChI is InChI=1S/C19H23N3O3S/c1-13(2)12-17(23)22-15-7-5-14(6-8-15)18(24)20-9-10-21-19(25)16-4-3-11-26-16/h3-8,11,13H,9-10,12H2,1-2H3,(H,20,24)(H,21,25)(H,22,23). The zero-order chi connectivity index (χ0) is 18.9. The van der Waals surface area contributed by atoms with Crippen molar-refractivity contribution in [2.75, 3.05) is 18.4 Å². The van der Waals surface area contributed by atoms with Gasteiger partial charge in [-0.05, 0) is 41.6 Å². The highest BCUT2D eigenvalue weighted by molar-refractivity contribution is 7.12. The summed E-state index contributed by atoms with van der Waals surface area (Å²) in [5.41, 5.74) is 1.16. The Morgan fingerprint density at radius 1 is 0.962 bits per heavy atom. The molecule has 26 heavy (non-hydrogen) atoms. The minimum Gasteiger partial charge on any atom is -0.350 e. The molecule has 138 valence electrons. The summed E-state index contributed by atoms with van der Waals surface area (Å²) in [7, 11) is 0.